The van der Waals surface area contributed by atoms with Gasteiger partial charge in [-0.2, -0.15) is 11.8 Å². The zero-order chi connectivity index (χ0) is 14.1. The van der Waals surface area contributed by atoms with E-state index < -0.39 is 0 Å². The zero-order valence-electron chi connectivity index (χ0n) is 12.6. The van der Waals surface area contributed by atoms with Crippen molar-refractivity contribution in [3.05, 3.63) is 35.4 Å². The van der Waals surface area contributed by atoms with Crippen LogP contribution in [-0.2, 0) is 0 Å². The largest absolute Gasteiger partial charge is 0.329 e. The van der Waals surface area contributed by atoms with Crippen LogP contribution in [0.5, 0.6) is 0 Å². The maximum atomic E-state index is 6.14. The minimum Gasteiger partial charge on any atom is -0.329 e. The molecule has 3 unspecified atom stereocenters. The predicted octanol–water partition coefficient (Wildman–Crippen LogP) is 3.39. The SMILES string of the molecule is CC1SCCN(C(CN)c2cccc(C3CC3)c2)C1C. The molecule has 3 rings (SSSR count). The van der Waals surface area contributed by atoms with E-state index in [-0.39, 0.29) is 0 Å². The van der Waals surface area contributed by atoms with Gasteiger partial charge >= 0.3 is 0 Å². The molecule has 1 aromatic carbocycles. The number of nitrogens with zero attached hydrogens (tertiary/aromatic N) is 1. The van der Waals surface area contributed by atoms with Gasteiger partial charge in [0.05, 0.1) is 0 Å². The second-order valence-electron chi connectivity index (χ2n) is 6.25. The number of nitrogens with two attached hydrogens (primary N) is 1. The lowest BCUT2D eigenvalue weighted by Gasteiger charge is -2.42. The molecule has 2 N–H and O–H groups in total. The molecule has 0 bridgehead atoms. The summed E-state index contributed by atoms with van der Waals surface area (Å²) in [6, 6.07) is 10.2. The highest BCUT2D eigenvalue weighted by Gasteiger charge is 2.31. The maximum Gasteiger partial charge on any atom is 0.0474 e. The quantitative estimate of drug-likeness (QED) is 0.921. The Morgan fingerprint density at radius 2 is 2.15 bits per heavy atom. The van der Waals surface area contributed by atoms with Crippen LogP contribution >= 0.6 is 11.8 Å². The van der Waals surface area contributed by atoms with Crippen LogP contribution < -0.4 is 5.73 Å². The first-order valence-corrected chi connectivity index (χ1v) is 8.93. The van der Waals surface area contributed by atoms with Crippen molar-refractivity contribution in [3.8, 4) is 0 Å². The summed E-state index contributed by atoms with van der Waals surface area (Å²) in [6.07, 6.45) is 2.73. The Balaban J connectivity index is 1.83. The van der Waals surface area contributed by atoms with Gasteiger partial charge in [-0.1, -0.05) is 31.2 Å². The molecular weight excluding hydrogens is 264 g/mol. The molecule has 1 saturated heterocycles. The van der Waals surface area contributed by atoms with Crippen LogP contribution in [0.1, 0.15) is 49.8 Å². The molecule has 3 heteroatoms. The fraction of sp³-hybridized carbons (Fsp3) is 0.647. The smallest absolute Gasteiger partial charge is 0.0474 e. The molecule has 110 valence electrons. The molecule has 2 nitrogen and oxygen atoms in total. The van der Waals surface area contributed by atoms with Crippen molar-refractivity contribution >= 4 is 11.8 Å². The van der Waals surface area contributed by atoms with Gasteiger partial charge in [-0.25, -0.2) is 0 Å². The average Bonchev–Trinajstić information content (AvgIpc) is 3.29. The number of benzene rings is 1. The van der Waals surface area contributed by atoms with Crippen molar-refractivity contribution in [2.24, 2.45) is 5.73 Å². The number of rotatable bonds is 4. The van der Waals surface area contributed by atoms with Crippen molar-refractivity contribution in [3.63, 3.8) is 0 Å². The van der Waals surface area contributed by atoms with Crippen molar-refractivity contribution in [1.82, 2.24) is 4.90 Å². The Kier molecular flexibility index (Phi) is 4.39. The summed E-state index contributed by atoms with van der Waals surface area (Å²) in [5.41, 5.74) is 9.08. The Bertz CT molecular complexity index is 458. The molecule has 2 fully saturated rings. The van der Waals surface area contributed by atoms with E-state index in [0.29, 0.717) is 17.3 Å². The molecule has 0 amide bonds. The molecule has 0 spiro atoms. The monoisotopic (exact) mass is 290 g/mol. The van der Waals surface area contributed by atoms with Crippen LogP contribution in [-0.4, -0.2) is 35.0 Å². The van der Waals surface area contributed by atoms with Gasteiger partial charge in [-0.3, -0.25) is 4.90 Å². The molecule has 1 heterocycles. The summed E-state index contributed by atoms with van der Waals surface area (Å²) in [4.78, 5) is 2.62. The summed E-state index contributed by atoms with van der Waals surface area (Å²) in [7, 11) is 0. The molecule has 1 saturated carbocycles. The van der Waals surface area contributed by atoms with Gasteiger partial charge in [0.1, 0.15) is 0 Å². The van der Waals surface area contributed by atoms with Gasteiger partial charge in [-0.15, -0.1) is 0 Å². The van der Waals surface area contributed by atoms with E-state index in [1.807, 2.05) is 0 Å². The van der Waals surface area contributed by atoms with Crippen molar-refractivity contribution < 1.29 is 0 Å². The van der Waals surface area contributed by atoms with Gasteiger partial charge in [0, 0.05) is 36.2 Å². The highest BCUT2D eigenvalue weighted by atomic mass is 32.2. The Morgan fingerprint density at radius 3 is 2.85 bits per heavy atom. The summed E-state index contributed by atoms with van der Waals surface area (Å²) in [5, 5.41) is 0.699. The summed E-state index contributed by atoms with van der Waals surface area (Å²) in [5.74, 6) is 2.05. The lowest BCUT2D eigenvalue weighted by molar-refractivity contribution is 0.150. The van der Waals surface area contributed by atoms with Crippen molar-refractivity contribution in [2.75, 3.05) is 18.8 Å². The summed E-state index contributed by atoms with van der Waals surface area (Å²) >= 11 is 2.09. The van der Waals surface area contributed by atoms with Crippen molar-refractivity contribution in [2.45, 2.75) is 49.9 Å². The van der Waals surface area contributed by atoms with Gasteiger partial charge in [0.2, 0.25) is 0 Å². The third kappa shape index (κ3) is 2.90. The van der Waals surface area contributed by atoms with Gasteiger partial charge in [0.25, 0.3) is 0 Å². The maximum absolute atomic E-state index is 6.14. The molecule has 2 aliphatic rings. The average molecular weight is 290 g/mol. The predicted molar refractivity (Wildman–Crippen MR) is 88.3 cm³/mol. The van der Waals surface area contributed by atoms with Crippen molar-refractivity contribution in [1.29, 1.82) is 0 Å². The van der Waals surface area contributed by atoms with Crippen LogP contribution in [0.25, 0.3) is 0 Å². The van der Waals surface area contributed by atoms with Crippen LogP contribution in [0.3, 0.4) is 0 Å². The van der Waals surface area contributed by atoms with E-state index in [1.54, 1.807) is 0 Å². The fourth-order valence-electron chi connectivity index (χ4n) is 3.30. The number of hydrogen-bond acceptors (Lipinski definition) is 3. The normalized spacial score (nSPS) is 29.4. The lowest BCUT2D eigenvalue weighted by atomic mass is 9.98. The molecule has 1 aliphatic carbocycles. The highest BCUT2D eigenvalue weighted by Crippen LogP contribution is 2.41. The molecule has 1 aromatic rings. The lowest BCUT2D eigenvalue weighted by Crippen LogP contribution is -2.48. The molecule has 1 aliphatic heterocycles. The number of thioether (sulfide) groups is 1. The van der Waals surface area contributed by atoms with E-state index >= 15 is 0 Å². The molecule has 20 heavy (non-hydrogen) atoms. The Hall–Kier alpha value is -0.510. The fourth-order valence-corrected chi connectivity index (χ4v) is 4.42. The van der Waals surface area contributed by atoms with E-state index in [2.05, 4.69) is 54.8 Å². The van der Waals surface area contributed by atoms with Crippen LogP contribution in [0, 0.1) is 0 Å². The summed E-state index contributed by atoms with van der Waals surface area (Å²) in [6.45, 7) is 6.57. The minimum atomic E-state index is 0.382. The molecule has 0 aromatic heterocycles. The minimum absolute atomic E-state index is 0.382. The molecular formula is C17H26N2S. The van der Waals surface area contributed by atoms with E-state index in [1.165, 1.54) is 29.7 Å². The Labute approximate surface area is 127 Å². The van der Waals surface area contributed by atoms with Crippen LogP contribution in [0.2, 0.25) is 0 Å². The van der Waals surface area contributed by atoms with Crippen LogP contribution in [0.15, 0.2) is 24.3 Å². The molecule has 0 radical (unpaired) electrons. The third-order valence-electron chi connectivity index (χ3n) is 4.90. The second kappa shape index (κ2) is 6.08. The summed E-state index contributed by atoms with van der Waals surface area (Å²) < 4.78 is 0. The van der Waals surface area contributed by atoms with Crippen LogP contribution in [0.4, 0.5) is 0 Å². The van der Waals surface area contributed by atoms with E-state index in [0.717, 1.165) is 19.0 Å². The standard InChI is InChI=1S/C17H26N2S/c1-12-13(2)20-9-8-19(12)17(11-18)16-5-3-4-15(10-16)14-6-7-14/h3-5,10,12-14,17H,6-9,11,18H2,1-2H3. The van der Waals surface area contributed by atoms with Gasteiger partial charge in [-0.05, 0) is 36.8 Å². The number of hydrogen-bond donors (Lipinski definition) is 1. The van der Waals surface area contributed by atoms with E-state index in [4.69, 9.17) is 5.73 Å². The zero-order valence-corrected chi connectivity index (χ0v) is 13.4. The first kappa shape index (κ1) is 14.4. The topological polar surface area (TPSA) is 29.3 Å². The third-order valence-corrected chi connectivity index (χ3v) is 6.24. The first-order chi connectivity index (χ1) is 9.70. The highest BCUT2D eigenvalue weighted by molar-refractivity contribution is 8.00. The van der Waals surface area contributed by atoms with E-state index in [9.17, 15) is 0 Å². The second-order valence-corrected chi connectivity index (χ2v) is 7.74. The first-order valence-electron chi connectivity index (χ1n) is 7.88. The Morgan fingerprint density at radius 1 is 1.35 bits per heavy atom. The van der Waals surface area contributed by atoms with Gasteiger partial charge < -0.3 is 5.73 Å². The van der Waals surface area contributed by atoms with Gasteiger partial charge in [0.15, 0.2) is 0 Å². The molecule has 3 atom stereocenters.